The smallest absolute Gasteiger partial charge is 0.347 e. The van der Waals surface area contributed by atoms with Crippen molar-refractivity contribution >= 4 is 11.8 Å². The number of amides is 2. The molecule has 1 atom stereocenters. The Labute approximate surface area is 220 Å². The van der Waals surface area contributed by atoms with Gasteiger partial charge in [-0.25, -0.2) is 9.07 Å². The van der Waals surface area contributed by atoms with Crippen molar-refractivity contribution in [2.45, 2.75) is 44.9 Å². The maximum absolute atomic E-state index is 14.5. The topological polar surface area (TPSA) is 120 Å². The Balaban J connectivity index is 1.21. The van der Waals surface area contributed by atoms with E-state index in [1.165, 1.54) is 29.2 Å². The third kappa shape index (κ3) is 7.93. The Morgan fingerprint density at radius 2 is 1.41 bits per heavy atom. The highest BCUT2D eigenvalue weighted by molar-refractivity contribution is 5.92. The van der Waals surface area contributed by atoms with E-state index in [9.17, 15) is 27.2 Å². The van der Waals surface area contributed by atoms with Gasteiger partial charge in [-0.2, -0.15) is 13.2 Å². The van der Waals surface area contributed by atoms with E-state index >= 15 is 0 Å². The zero-order valence-electron chi connectivity index (χ0n) is 20.5. The van der Waals surface area contributed by atoms with Gasteiger partial charge in [0.15, 0.2) is 11.4 Å². The van der Waals surface area contributed by atoms with Gasteiger partial charge in [0.25, 0.3) is 11.8 Å². The number of rotatable bonds is 11. The maximum Gasteiger partial charge on any atom is 0.416 e. The molecule has 39 heavy (non-hydrogen) atoms. The predicted molar refractivity (Wildman–Crippen MR) is 130 cm³/mol. The molecule has 2 aromatic carbocycles. The average molecular weight is 545 g/mol. The van der Waals surface area contributed by atoms with E-state index in [-0.39, 0.29) is 43.0 Å². The van der Waals surface area contributed by atoms with Gasteiger partial charge in [0, 0.05) is 26.1 Å². The minimum atomic E-state index is -4.49. The number of carbonyl (C=O) groups is 2. The number of aromatic nitrogens is 6. The fourth-order valence-corrected chi connectivity index (χ4v) is 3.57. The van der Waals surface area contributed by atoms with E-state index in [0.717, 1.165) is 22.4 Å². The maximum atomic E-state index is 14.5. The number of aryl methyl sites for hydroxylation is 1. The van der Waals surface area contributed by atoms with Gasteiger partial charge >= 0.3 is 6.18 Å². The van der Waals surface area contributed by atoms with Crippen LogP contribution < -0.4 is 10.6 Å². The summed E-state index contributed by atoms with van der Waals surface area (Å²) >= 11 is 0. The van der Waals surface area contributed by atoms with Crippen molar-refractivity contribution in [1.29, 1.82) is 0 Å². The van der Waals surface area contributed by atoms with Crippen molar-refractivity contribution in [1.82, 2.24) is 40.6 Å². The fraction of sp³-hybridized carbons (Fsp3) is 0.280. The number of halogens is 4. The summed E-state index contributed by atoms with van der Waals surface area (Å²) in [6, 6.07) is 14.0. The Morgan fingerprint density at radius 3 is 2.08 bits per heavy atom. The highest BCUT2D eigenvalue weighted by Gasteiger charge is 2.30. The summed E-state index contributed by atoms with van der Waals surface area (Å²) in [5.41, 5.74) is 0.389. The Kier molecular flexibility index (Phi) is 8.63. The van der Waals surface area contributed by atoms with Crippen LogP contribution in [0.3, 0.4) is 0 Å². The van der Waals surface area contributed by atoms with E-state index in [2.05, 4.69) is 31.3 Å². The van der Waals surface area contributed by atoms with Crippen molar-refractivity contribution < 1.29 is 27.2 Å². The monoisotopic (exact) mass is 544 g/mol. The lowest BCUT2D eigenvalue weighted by molar-refractivity contribution is -0.137. The molecule has 0 aliphatic carbocycles. The van der Waals surface area contributed by atoms with E-state index in [1.54, 1.807) is 0 Å². The molecule has 4 aromatic rings. The van der Waals surface area contributed by atoms with Crippen LogP contribution in [0.5, 0.6) is 0 Å². The van der Waals surface area contributed by atoms with Crippen molar-refractivity contribution in [3.05, 3.63) is 95.1 Å². The van der Waals surface area contributed by atoms with Gasteiger partial charge in [0.05, 0.1) is 24.5 Å². The molecule has 204 valence electrons. The highest BCUT2D eigenvalue weighted by Crippen LogP contribution is 2.29. The van der Waals surface area contributed by atoms with Crippen LogP contribution in [0.25, 0.3) is 0 Å². The molecule has 0 fully saturated rings. The van der Waals surface area contributed by atoms with Gasteiger partial charge in [-0.1, -0.05) is 52.9 Å². The van der Waals surface area contributed by atoms with Crippen LogP contribution in [0.15, 0.2) is 67.0 Å². The second-order valence-corrected chi connectivity index (χ2v) is 8.63. The van der Waals surface area contributed by atoms with Gasteiger partial charge in [0.1, 0.15) is 6.17 Å². The third-order valence-corrected chi connectivity index (χ3v) is 5.60. The molecule has 4 rings (SSSR count). The number of nitrogens with zero attached hydrogens (tertiary/aromatic N) is 6. The summed E-state index contributed by atoms with van der Waals surface area (Å²) in [6.07, 6.45) is -3.15. The molecular formula is C25H24F4N8O2. The Hall–Kier alpha value is -4.62. The van der Waals surface area contributed by atoms with Gasteiger partial charge in [0.2, 0.25) is 0 Å². The van der Waals surface area contributed by atoms with Crippen LogP contribution in [-0.4, -0.2) is 48.0 Å². The second kappa shape index (κ2) is 12.3. The fourth-order valence-electron chi connectivity index (χ4n) is 3.57. The largest absolute Gasteiger partial charge is 0.416 e. The van der Waals surface area contributed by atoms with Crippen LogP contribution >= 0.6 is 0 Å². The first-order valence-corrected chi connectivity index (χ1v) is 11.9. The summed E-state index contributed by atoms with van der Waals surface area (Å²) < 4.78 is 55.6. The first kappa shape index (κ1) is 27.4. The van der Waals surface area contributed by atoms with Crippen LogP contribution in [0.1, 0.15) is 44.1 Å². The molecule has 0 saturated heterocycles. The molecule has 2 aromatic heterocycles. The standard InChI is InChI=1S/C25H24F4N8O2/c26-20(9-10-36-15-21(32-34-36)23(38)30-12-17-5-2-1-3-6-17)14-37-16-22(33-35-37)24(39)31-13-18-7-4-8-19(11-18)25(27,28)29/h1-8,11,15-16,20H,9-10,12-14H2,(H,30,38)(H,31,39). The summed E-state index contributed by atoms with van der Waals surface area (Å²) in [4.78, 5) is 24.6. The molecule has 2 N–H and O–H groups in total. The summed E-state index contributed by atoms with van der Waals surface area (Å²) in [5.74, 6) is -1.06. The van der Waals surface area contributed by atoms with Crippen LogP contribution in [0, 0.1) is 0 Å². The molecule has 10 nitrogen and oxygen atoms in total. The van der Waals surface area contributed by atoms with Crippen LogP contribution in [0.2, 0.25) is 0 Å². The first-order chi connectivity index (χ1) is 18.7. The zero-order valence-corrected chi connectivity index (χ0v) is 20.5. The minimum absolute atomic E-state index is 0.0331. The molecule has 0 radical (unpaired) electrons. The van der Waals surface area contributed by atoms with Crippen molar-refractivity contribution in [2.75, 3.05) is 0 Å². The Morgan fingerprint density at radius 1 is 0.821 bits per heavy atom. The first-order valence-electron chi connectivity index (χ1n) is 11.9. The number of alkyl halides is 4. The molecule has 14 heteroatoms. The van der Waals surface area contributed by atoms with E-state index < -0.39 is 29.7 Å². The van der Waals surface area contributed by atoms with Gasteiger partial charge in [-0.15, -0.1) is 10.2 Å². The lowest BCUT2D eigenvalue weighted by atomic mass is 10.1. The highest BCUT2D eigenvalue weighted by atomic mass is 19.4. The molecule has 0 spiro atoms. The third-order valence-electron chi connectivity index (χ3n) is 5.60. The predicted octanol–water partition coefficient (Wildman–Crippen LogP) is 3.18. The molecule has 2 amide bonds. The number of benzene rings is 2. The summed E-state index contributed by atoms with van der Waals surface area (Å²) in [5, 5.41) is 20.3. The lowest BCUT2D eigenvalue weighted by Gasteiger charge is -2.09. The quantitative estimate of drug-likeness (QED) is 0.280. The van der Waals surface area contributed by atoms with Crippen LogP contribution in [-0.2, 0) is 32.4 Å². The number of hydrogen-bond acceptors (Lipinski definition) is 6. The van der Waals surface area contributed by atoms with Crippen LogP contribution in [0.4, 0.5) is 17.6 Å². The molecule has 0 bridgehead atoms. The van der Waals surface area contributed by atoms with E-state index in [1.807, 2.05) is 30.3 Å². The van der Waals surface area contributed by atoms with Gasteiger partial charge in [-0.05, 0) is 23.3 Å². The van der Waals surface area contributed by atoms with Gasteiger partial charge in [-0.3, -0.25) is 14.3 Å². The second-order valence-electron chi connectivity index (χ2n) is 8.63. The molecular weight excluding hydrogens is 520 g/mol. The van der Waals surface area contributed by atoms with Crippen molar-refractivity contribution in [3.8, 4) is 0 Å². The number of carbonyl (C=O) groups excluding carboxylic acids is 2. The van der Waals surface area contributed by atoms with E-state index in [4.69, 9.17) is 0 Å². The molecule has 2 heterocycles. The SMILES string of the molecule is O=C(NCc1ccccc1)c1cn(CCC(F)Cn2cc(C(=O)NCc3cccc(C(F)(F)F)c3)nn2)nn1. The number of nitrogens with one attached hydrogen (secondary N) is 2. The molecule has 1 unspecified atom stereocenters. The molecule has 0 aliphatic rings. The minimum Gasteiger partial charge on any atom is -0.347 e. The lowest BCUT2D eigenvalue weighted by Crippen LogP contribution is -2.23. The molecule has 0 aliphatic heterocycles. The zero-order chi connectivity index (χ0) is 27.8. The summed E-state index contributed by atoms with van der Waals surface area (Å²) in [6.45, 7) is 0.153. The van der Waals surface area contributed by atoms with Gasteiger partial charge < -0.3 is 10.6 Å². The van der Waals surface area contributed by atoms with Crippen molar-refractivity contribution in [3.63, 3.8) is 0 Å². The Bertz CT molecular complexity index is 1400. The van der Waals surface area contributed by atoms with E-state index in [0.29, 0.717) is 6.54 Å². The molecule has 0 saturated carbocycles. The number of hydrogen-bond donors (Lipinski definition) is 2. The summed E-state index contributed by atoms with van der Waals surface area (Å²) in [7, 11) is 0. The average Bonchev–Trinajstić information content (AvgIpc) is 3.60. The van der Waals surface area contributed by atoms with Crippen molar-refractivity contribution in [2.24, 2.45) is 0 Å². The normalized spacial score (nSPS) is 12.2.